The van der Waals surface area contributed by atoms with Gasteiger partial charge in [0.1, 0.15) is 0 Å². The molecule has 0 spiro atoms. The average molecular weight is 276 g/mol. The summed E-state index contributed by atoms with van der Waals surface area (Å²) in [6, 6.07) is 3.97. The van der Waals surface area contributed by atoms with Gasteiger partial charge in [-0.25, -0.2) is 0 Å². The minimum Gasteiger partial charge on any atom is -0.326 e. The van der Waals surface area contributed by atoms with E-state index in [0.717, 1.165) is 9.75 Å². The van der Waals surface area contributed by atoms with E-state index in [-0.39, 0.29) is 6.42 Å². The number of thiophene rings is 1. The van der Waals surface area contributed by atoms with Gasteiger partial charge in [-0.1, -0.05) is 6.08 Å². The molecule has 100 valence electrons. The first-order valence-corrected chi connectivity index (χ1v) is 6.57. The normalized spacial score (nSPS) is 17.9. The van der Waals surface area contributed by atoms with Crippen LogP contribution in [0.5, 0.6) is 0 Å². The minimum atomic E-state index is -4.16. The predicted octanol–water partition coefficient (Wildman–Crippen LogP) is 2.90. The summed E-state index contributed by atoms with van der Waals surface area (Å²) in [6.07, 6.45) is -2.79. The molecule has 0 saturated carbocycles. The Bertz CT molecular complexity index is 437. The summed E-state index contributed by atoms with van der Waals surface area (Å²) in [5, 5.41) is 0. The summed E-state index contributed by atoms with van der Waals surface area (Å²) in [7, 11) is 0. The van der Waals surface area contributed by atoms with Crippen molar-refractivity contribution in [2.45, 2.75) is 25.7 Å². The van der Waals surface area contributed by atoms with E-state index < -0.39 is 11.7 Å². The highest BCUT2D eigenvalue weighted by atomic mass is 32.1. The van der Waals surface area contributed by atoms with E-state index in [4.69, 9.17) is 5.73 Å². The number of hydrogen-bond acceptors (Lipinski definition) is 3. The highest BCUT2D eigenvalue weighted by Crippen LogP contribution is 2.30. The molecule has 0 aromatic carbocycles. The van der Waals surface area contributed by atoms with Crippen LogP contribution in [0.3, 0.4) is 0 Å². The lowest BCUT2D eigenvalue weighted by molar-refractivity contribution is -0.0960. The number of nitrogens with zero attached hydrogens (tertiary/aromatic N) is 1. The summed E-state index contributed by atoms with van der Waals surface area (Å²) in [4.78, 5) is 4.27. The maximum atomic E-state index is 12.4. The molecule has 2 nitrogen and oxygen atoms in total. The smallest absolute Gasteiger partial charge is 0.326 e. The van der Waals surface area contributed by atoms with E-state index >= 15 is 0 Å². The van der Waals surface area contributed by atoms with Crippen LogP contribution in [0.2, 0.25) is 0 Å². The van der Waals surface area contributed by atoms with E-state index in [0.29, 0.717) is 26.2 Å². The second-order valence-electron chi connectivity index (χ2n) is 4.28. The lowest BCUT2D eigenvalue weighted by atomic mass is 10.1. The Balaban J connectivity index is 1.92. The van der Waals surface area contributed by atoms with Gasteiger partial charge in [0, 0.05) is 41.5 Å². The van der Waals surface area contributed by atoms with Crippen LogP contribution in [0, 0.1) is 0 Å². The molecule has 2 heterocycles. The third-order valence-electron chi connectivity index (χ3n) is 2.96. The average Bonchev–Trinajstić information content (AvgIpc) is 2.76. The number of nitrogens with two attached hydrogens (primary N) is 1. The van der Waals surface area contributed by atoms with Gasteiger partial charge < -0.3 is 5.73 Å². The Kier molecular flexibility index (Phi) is 4.09. The van der Waals surface area contributed by atoms with Crippen molar-refractivity contribution in [3.8, 4) is 0 Å². The number of alkyl halides is 3. The molecule has 2 rings (SSSR count). The van der Waals surface area contributed by atoms with Gasteiger partial charge in [-0.05, 0) is 18.6 Å². The highest BCUT2D eigenvalue weighted by molar-refractivity contribution is 7.11. The fourth-order valence-corrected chi connectivity index (χ4v) is 2.89. The van der Waals surface area contributed by atoms with E-state index in [1.54, 1.807) is 11.3 Å². The fraction of sp³-hybridized carbons (Fsp3) is 0.500. The summed E-state index contributed by atoms with van der Waals surface area (Å²) in [5.74, 6) is 0. The third kappa shape index (κ3) is 3.34. The Morgan fingerprint density at radius 3 is 2.50 bits per heavy atom. The third-order valence-corrected chi connectivity index (χ3v) is 4.05. The first kappa shape index (κ1) is 13.6. The molecule has 0 unspecified atom stereocenters. The first-order valence-electron chi connectivity index (χ1n) is 5.75. The van der Waals surface area contributed by atoms with Crippen molar-refractivity contribution < 1.29 is 13.2 Å². The van der Waals surface area contributed by atoms with Gasteiger partial charge in [-0.3, -0.25) is 4.90 Å². The zero-order valence-corrected chi connectivity index (χ0v) is 10.7. The second-order valence-corrected chi connectivity index (χ2v) is 5.54. The molecule has 0 saturated heterocycles. The molecule has 0 aliphatic carbocycles. The van der Waals surface area contributed by atoms with Crippen molar-refractivity contribution >= 4 is 11.3 Å². The number of hydrogen-bond donors (Lipinski definition) is 1. The standard InChI is InChI=1S/C12H15F3N2S/c13-12(14,15)9-3-5-17(6-4-9)8-11-2-1-10(7-16)18-11/h1-3H,4-8,16H2. The van der Waals surface area contributed by atoms with Crippen LogP contribution in [0.4, 0.5) is 13.2 Å². The fourth-order valence-electron chi connectivity index (χ4n) is 1.95. The summed E-state index contributed by atoms with van der Waals surface area (Å²) in [6.45, 7) is 2.04. The van der Waals surface area contributed by atoms with E-state index in [1.165, 1.54) is 6.08 Å². The second kappa shape index (κ2) is 5.42. The lowest BCUT2D eigenvalue weighted by Gasteiger charge is -2.26. The van der Waals surface area contributed by atoms with Gasteiger partial charge in [0.05, 0.1) is 0 Å². The number of rotatable bonds is 3. The zero-order valence-electron chi connectivity index (χ0n) is 9.83. The van der Waals surface area contributed by atoms with Crippen molar-refractivity contribution in [1.82, 2.24) is 4.90 Å². The van der Waals surface area contributed by atoms with Crippen LogP contribution in [0.1, 0.15) is 16.2 Å². The molecule has 1 aromatic heterocycles. The van der Waals surface area contributed by atoms with Crippen molar-refractivity contribution in [2.75, 3.05) is 13.1 Å². The topological polar surface area (TPSA) is 29.3 Å². The Morgan fingerprint density at radius 1 is 1.28 bits per heavy atom. The molecule has 0 atom stereocenters. The van der Waals surface area contributed by atoms with Gasteiger partial charge >= 0.3 is 6.18 Å². The Labute approximate surface area is 108 Å². The zero-order chi connectivity index (χ0) is 13.2. The lowest BCUT2D eigenvalue weighted by Crippen LogP contribution is -2.31. The largest absolute Gasteiger partial charge is 0.412 e. The molecule has 0 radical (unpaired) electrons. The first-order chi connectivity index (χ1) is 8.49. The minimum absolute atomic E-state index is 0.0820. The molecule has 1 aliphatic rings. The molecule has 6 heteroatoms. The molecule has 1 aromatic rings. The maximum absolute atomic E-state index is 12.4. The maximum Gasteiger partial charge on any atom is 0.412 e. The van der Waals surface area contributed by atoms with Crippen LogP contribution in [0.25, 0.3) is 0 Å². The summed E-state index contributed by atoms with van der Waals surface area (Å²) >= 11 is 1.62. The molecule has 0 amide bonds. The molecular formula is C12H15F3N2S. The van der Waals surface area contributed by atoms with Gasteiger partial charge in [0.15, 0.2) is 0 Å². The van der Waals surface area contributed by atoms with Gasteiger partial charge in [0.25, 0.3) is 0 Å². The van der Waals surface area contributed by atoms with Crippen LogP contribution < -0.4 is 5.73 Å². The van der Waals surface area contributed by atoms with Crippen LogP contribution >= 0.6 is 11.3 Å². The van der Waals surface area contributed by atoms with Gasteiger partial charge in [-0.15, -0.1) is 11.3 Å². The van der Waals surface area contributed by atoms with Crippen LogP contribution in [0.15, 0.2) is 23.8 Å². The van der Waals surface area contributed by atoms with E-state index in [9.17, 15) is 13.2 Å². The SMILES string of the molecule is NCc1ccc(CN2CC=C(C(F)(F)F)CC2)s1. The molecule has 0 bridgehead atoms. The van der Waals surface area contributed by atoms with Crippen LogP contribution in [-0.2, 0) is 13.1 Å². The molecule has 18 heavy (non-hydrogen) atoms. The van der Waals surface area contributed by atoms with E-state index in [2.05, 4.69) is 0 Å². The monoisotopic (exact) mass is 276 g/mol. The molecule has 2 N–H and O–H groups in total. The van der Waals surface area contributed by atoms with Crippen molar-refractivity contribution in [3.63, 3.8) is 0 Å². The quantitative estimate of drug-likeness (QED) is 0.860. The number of halogens is 3. The van der Waals surface area contributed by atoms with Gasteiger partial charge in [-0.2, -0.15) is 13.2 Å². The van der Waals surface area contributed by atoms with E-state index in [1.807, 2.05) is 17.0 Å². The Morgan fingerprint density at radius 2 is 2.00 bits per heavy atom. The molecule has 0 fully saturated rings. The summed E-state index contributed by atoms with van der Waals surface area (Å²) < 4.78 is 37.3. The van der Waals surface area contributed by atoms with Crippen LogP contribution in [-0.4, -0.2) is 24.2 Å². The van der Waals surface area contributed by atoms with Gasteiger partial charge in [0.2, 0.25) is 0 Å². The predicted molar refractivity (Wildman–Crippen MR) is 66.2 cm³/mol. The van der Waals surface area contributed by atoms with Crippen molar-refractivity contribution in [1.29, 1.82) is 0 Å². The van der Waals surface area contributed by atoms with Crippen molar-refractivity contribution in [2.24, 2.45) is 5.73 Å². The molecule has 1 aliphatic heterocycles. The summed E-state index contributed by atoms with van der Waals surface area (Å²) in [5.41, 5.74) is 5.13. The molecular weight excluding hydrogens is 261 g/mol. The van der Waals surface area contributed by atoms with Crippen molar-refractivity contribution in [3.05, 3.63) is 33.5 Å². The Hall–Kier alpha value is -0.850. The highest BCUT2D eigenvalue weighted by Gasteiger charge is 2.34.